The van der Waals surface area contributed by atoms with Crippen molar-refractivity contribution in [3.8, 4) is 0 Å². The van der Waals surface area contributed by atoms with Crippen molar-refractivity contribution in [2.45, 2.75) is 58.5 Å². The van der Waals surface area contributed by atoms with Crippen LogP contribution in [0.15, 0.2) is 29.3 Å². The van der Waals surface area contributed by atoms with E-state index in [0.717, 1.165) is 51.5 Å². The van der Waals surface area contributed by atoms with Gasteiger partial charge in [0.1, 0.15) is 0 Å². The predicted molar refractivity (Wildman–Crippen MR) is 116 cm³/mol. The van der Waals surface area contributed by atoms with E-state index >= 15 is 0 Å². The van der Waals surface area contributed by atoms with Gasteiger partial charge < -0.3 is 16.4 Å². The molecule has 1 aliphatic rings. The number of benzene rings is 1. The van der Waals surface area contributed by atoms with Crippen LogP contribution in [-0.4, -0.2) is 43.4 Å². The number of nitrogens with zero attached hydrogens (tertiary/aromatic N) is 2. The Balaban J connectivity index is 1.79. The predicted octanol–water partition coefficient (Wildman–Crippen LogP) is 2.63. The van der Waals surface area contributed by atoms with Crippen LogP contribution < -0.4 is 16.4 Å². The molecule has 0 radical (unpaired) electrons. The number of nitrogens with two attached hydrogens (primary N) is 1. The van der Waals surface area contributed by atoms with Gasteiger partial charge in [0.15, 0.2) is 5.96 Å². The van der Waals surface area contributed by atoms with Crippen LogP contribution in [0.2, 0.25) is 0 Å². The van der Waals surface area contributed by atoms with Gasteiger partial charge in [-0.25, -0.2) is 0 Å². The van der Waals surface area contributed by atoms with E-state index in [9.17, 15) is 4.79 Å². The first-order chi connectivity index (χ1) is 13.6. The zero-order valence-corrected chi connectivity index (χ0v) is 17.5. The van der Waals surface area contributed by atoms with E-state index in [4.69, 9.17) is 5.73 Å². The molecule has 1 heterocycles. The lowest BCUT2D eigenvalue weighted by molar-refractivity contribution is -0.123. The number of aliphatic imine (C=N–C) groups is 1. The monoisotopic (exact) mass is 387 g/mol. The maximum absolute atomic E-state index is 11.5. The minimum atomic E-state index is -0.170. The number of carbonyl (C=O) groups excluding carboxylic acids is 1. The molecule has 1 aromatic carbocycles. The first kappa shape index (κ1) is 22.2. The average molecular weight is 388 g/mol. The summed E-state index contributed by atoms with van der Waals surface area (Å²) in [6, 6.07) is 8.61. The number of carbonyl (C=O) groups is 1. The van der Waals surface area contributed by atoms with E-state index in [1.807, 2.05) is 7.05 Å². The fourth-order valence-electron chi connectivity index (χ4n) is 3.69. The standard InChI is InChI=1S/C22H37N5O/c1-3-4-5-6-12-25-22(24-2)26-15-18-9-7-10-19(14-18)16-27-13-8-11-20(17-27)21(23)28/h7,9-10,14,20H,3-6,8,11-13,15-17H2,1-2H3,(H2,23,28)(H2,24,25,26). The van der Waals surface area contributed by atoms with Crippen LogP contribution in [0.25, 0.3) is 0 Å². The summed E-state index contributed by atoms with van der Waals surface area (Å²) in [5.41, 5.74) is 8.00. The number of guanidine groups is 1. The number of unbranched alkanes of at least 4 members (excludes halogenated alkanes) is 3. The van der Waals surface area contributed by atoms with Gasteiger partial charge in [0.25, 0.3) is 0 Å². The normalized spacial score (nSPS) is 18.1. The van der Waals surface area contributed by atoms with Crippen LogP contribution in [0, 0.1) is 5.92 Å². The lowest BCUT2D eigenvalue weighted by Gasteiger charge is -2.31. The van der Waals surface area contributed by atoms with E-state index in [2.05, 4.69) is 51.7 Å². The van der Waals surface area contributed by atoms with Crippen molar-refractivity contribution < 1.29 is 4.79 Å². The number of nitrogens with one attached hydrogen (secondary N) is 2. The maximum atomic E-state index is 11.5. The molecule has 1 unspecified atom stereocenters. The fraction of sp³-hybridized carbons (Fsp3) is 0.636. The van der Waals surface area contributed by atoms with Crippen molar-refractivity contribution in [2.24, 2.45) is 16.6 Å². The lowest BCUT2D eigenvalue weighted by atomic mass is 9.97. The number of hydrogen-bond acceptors (Lipinski definition) is 3. The Morgan fingerprint density at radius 1 is 1.25 bits per heavy atom. The molecule has 1 aliphatic heterocycles. The van der Waals surface area contributed by atoms with Crippen molar-refractivity contribution in [1.82, 2.24) is 15.5 Å². The molecule has 1 amide bonds. The second-order valence-corrected chi connectivity index (χ2v) is 7.71. The molecule has 0 saturated carbocycles. The van der Waals surface area contributed by atoms with Gasteiger partial charge in [-0.3, -0.25) is 14.7 Å². The third kappa shape index (κ3) is 7.89. The molecule has 0 aromatic heterocycles. The lowest BCUT2D eigenvalue weighted by Crippen LogP contribution is -2.40. The van der Waals surface area contributed by atoms with Crippen molar-refractivity contribution >= 4 is 11.9 Å². The molecule has 6 nitrogen and oxygen atoms in total. The van der Waals surface area contributed by atoms with Crippen LogP contribution in [0.5, 0.6) is 0 Å². The number of primary amides is 1. The SMILES string of the molecule is CCCCCCNC(=NC)NCc1cccc(CN2CCCC(C(N)=O)C2)c1. The molecule has 1 atom stereocenters. The second-order valence-electron chi connectivity index (χ2n) is 7.71. The third-order valence-corrected chi connectivity index (χ3v) is 5.31. The zero-order valence-electron chi connectivity index (χ0n) is 17.5. The van der Waals surface area contributed by atoms with E-state index in [1.165, 1.54) is 36.8 Å². The van der Waals surface area contributed by atoms with Gasteiger partial charge in [0.2, 0.25) is 5.91 Å². The van der Waals surface area contributed by atoms with Gasteiger partial charge in [-0.2, -0.15) is 0 Å². The molecule has 28 heavy (non-hydrogen) atoms. The number of likely N-dealkylation sites (tertiary alicyclic amines) is 1. The van der Waals surface area contributed by atoms with Crippen LogP contribution in [0.1, 0.15) is 56.6 Å². The number of piperidine rings is 1. The summed E-state index contributed by atoms with van der Waals surface area (Å²) in [4.78, 5) is 18.1. The van der Waals surface area contributed by atoms with Gasteiger partial charge in [-0.1, -0.05) is 50.5 Å². The minimum Gasteiger partial charge on any atom is -0.369 e. The Kier molecular flexibility index (Phi) is 9.83. The Hall–Kier alpha value is -2.08. The Morgan fingerprint density at radius 3 is 2.82 bits per heavy atom. The summed E-state index contributed by atoms with van der Waals surface area (Å²) in [6.45, 7) is 6.58. The quantitative estimate of drug-likeness (QED) is 0.327. The van der Waals surface area contributed by atoms with E-state index in [-0.39, 0.29) is 11.8 Å². The molecule has 1 aromatic rings. The molecule has 1 fully saturated rings. The summed E-state index contributed by atoms with van der Waals surface area (Å²) in [5, 5.41) is 6.77. The van der Waals surface area contributed by atoms with E-state index in [0.29, 0.717) is 0 Å². The Morgan fingerprint density at radius 2 is 2.07 bits per heavy atom. The first-order valence-electron chi connectivity index (χ1n) is 10.7. The van der Waals surface area contributed by atoms with Crippen molar-refractivity contribution in [3.63, 3.8) is 0 Å². The smallest absolute Gasteiger partial charge is 0.221 e. The molecule has 156 valence electrons. The molecular weight excluding hydrogens is 350 g/mol. The van der Waals surface area contributed by atoms with Crippen LogP contribution >= 0.6 is 0 Å². The molecule has 0 aliphatic carbocycles. The van der Waals surface area contributed by atoms with Crippen LogP contribution in [-0.2, 0) is 17.9 Å². The molecule has 4 N–H and O–H groups in total. The van der Waals surface area contributed by atoms with Gasteiger partial charge in [-0.15, -0.1) is 0 Å². The number of amides is 1. The van der Waals surface area contributed by atoms with Crippen molar-refractivity contribution in [2.75, 3.05) is 26.7 Å². The van der Waals surface area contributed by atoms with E-state index in [1.54, 1.807) is 0 Å². The Bertz CT molecular complexity index is 631. The Labute approximate surface area is 170 Å². The number of hydrogen-bond donors (Lipinski definition) is 3. The van der Waals surface area contributed by atoms with Crippen LogP contribution in [0.4, 0.5) is 0 Å². The highest BCUT2D eigenvalue weighted by Gasteiger charge is 2.23. The van der Waals surface area contributed by atoms with Gasteiger partial charge in [0.05, 0.1) is 5.92 Å². The summed E-state index contributed by atoms with van der Waals surface area (Å²) in [7, 11) is 1.81. The maximum Gasteiger partial charge on any atom is 0.221 e. The molecular formula is C22H37N5O. The highest BCUT2D eigenvalue weighted by molar-refractivity contribution is 5.79. The van der Waals surface area contributed by atoms with E-state index < -0.39 is 0 Å². The third-order valence-electron chi connectivity index (χ3n) is 5.31. The summed E-state index contributed by atoms with van der Waals surface area (Å²) >= 11 is 0. The van der Waals surface area contributed by atoms with Crippen molar-refractivity contribution in [3.05, 3.63) is 35.4 Å². The topological polar surface area (TPSA) is 82.8 Å². The second kappa shape index (κ2) is 12.4. The van der Waals surface area contributed by atoms with Crippen molar-refractivity contribution in [1.29, 1.82) is 0 Å². The average Bonchev–Trinajstić information content (AvgIpc) is 2.70. The summed E-state index contributed by atoms with van der Waals surface area (Å²) in [6.07, 6.45) is 6.93. The summed E-state index contributed by atoms with van der Waals surface area (Å²) in [5.74, 6) is 0.670. The highest BCUT2D eigenvalue weighted by atomic mass is 16.1. The molecule has 1 saturated heterocycles. The van der Waals surface area contributed by atoms with Crippen LogP contribution in [0.3, 0.4) is 0 Å². The first-order valence-corrected chi connectivity index (χ1v) is 10.7. The van der Waals surface area contributed by atoms with Gasteiger partial charge in [-0.05, 0) is 36.9 Å². The molecule has 0 spiro atoms. The molecule has 0 bridgehead atoms. The van der Waals surface area contributed by atoms with Gasteiger partial charge >= 0.3 is 0 Å². The zero-order chi connectivity index (χ0) is 20.2. The molecule has 6 heteroatoms. The molecule has 2 rings (SSSR count). The van der Waals surface area contributed by atoms with Gasteiger partial charge in [0, 0.05) is 33.2 Å². The summed E-state index contributed by atoms with van der Waals surface area (Å²) < 4.78 is 0. The fourth-order valence-corrected chi connectivity index (χ4v) is 3.69. The minimum absolute atomic E-state index is 0.00896. The highest BCUT2D eigenvalue weighted by Crippen LogP contribution is 2.18. The number of rotatable bonds is 10. The largest absolute Gasteiger partial charge is 0.369 e.